The van der Waals surface area contributed by atoms with Crippen LogP contribution in [0.2, 0.25) is 0 Å². The van der Waals surface area contributed by atoms with Crippen molar-refractivity contribution in [1.29, 1.82) is 0 Å². The van der Waals surface area contributed by atoms with Crippen LogP contribution in [0.15, 0.2) is 23.6 Å². The van der Waals surface area contributed by atoms with Crippen molar-refractivity contribution in [2.75, 3.05) is 14.2 Å². The minimum Gasteiger partial charge on any atom is -0.465 e. The summed E-state index contributed by atoms with van der Waals surface area (Å²) < 4.78 is 8.51. The number of hydrogen-bond acceptors (Lipinski definition) is 4. The molecule has 12 heavy (non-hydrogen) atoms. The highest BCUT2D eigenvalue weighted by atomic mass is 16.5. The van der Waals surface area contributed by atoms with E-state index in [1.54, 1.807) is 0 Å². The minimum absolute atomic E-state index is 0.555. The van der Waals surface area contributed by atoms with Crippen LogP contribution in [-0.2, 0) is 19.1 Å². The molecule has 0 aliphatic heterocycles. The molecule has 4 nitrogen and oxygen atoms in total. The number of methoxy groups -OCH3 is 2. The summed E-state index contributed by atoms with van der Waals surface area (Å²) in [7, 11) is 2.48. The van der Waals surface area contributed by atoms with Crippen LogP contribution in [0.5, 0.6) is 0 Å². The molecule has 0 N–H and O–H groups in total. The van der Waals surface area contributed by atoms with Crippen LogP contribution in [0.4, 0.5) is 0 Å². The van der Waals surface area contributed by atoms with Crippen molar-refractivity contribution in [3.63, 3.8) is 0 Å². The fraction of sp³-hybridized carbons (Fsp3) is 0.250. The molecule has 0 aliphatic rings. The fourth-order valence-corrected chi connectivity index (χ4v) is 0.319. The molecule has 0 amide bonds. The molecule has 0 fully saturated rings. The standard InChI is InChI=1S/C8H8O4/c1-11-7(9)5-3-4-6-8(10)12-2/h5-6H,1-2H3. The summed E-state index contributed by atoms with van der Waals surface area (Å²) in [4.78, 5) is 20.8. The monoisotopic (exact) mass is 168 g/mol. The second-order valence-corrected chi connectivity index (χ2v) is 1.62. The zero-order valence-electron chi connectivity index (χ0n) is 6.79. The predicted molar refractivity (Wildman–Crippen MR) is 40.2 cm³/mol. The fourth-order valence-electron chi connectivity index (χ4n) is 0.319. The maximum absolute atomic E-state index is 10.4. The van der Waals surface area contributed by atoms with E-state index in [0.717, 1.165) is 12.2 Å². The highest BCUT2D eigenvalue weighted by Gasteiger charge is 1.87. The largest absolute Gasteiger partial charge is 0.465 e. The van der Waals surface area contributed by atoms with Crippen molar-refractivity contribution in [3.8, 4) is 0 Å². The van der Waals surface area contributed by atoms with E-state index in [4.69, 9.17) is 0 Å². The Bertz CT molecular complexity index is 237. The van der Waals surface area contributed by atoms with E-state index >= 15 is 0 Å². The Labute approximate surface area is 69.8 Å². The van der Waals surface area contributed by atoms with E-state index in [1.807, 2.05) is 0 Å². The SMILES string of the molecule is COC(=O)C=C=C=CC(=O)OC. The summed E-state index contributed by atoms with van der Waals surface area (Å²) in [5.74, 6) is -1.11. The molecule has 0 atom stereocenters. The molecule has 0 saturated heterocycles. The Kier molecular flexibility index (Phi) is 5.11. The third-order valence-corrected chi connectivity index (χ3v) is 0.866. The summed E-state index contributed by atoms with van der Waals surface area (Å²) in [5, 5.41) is 0. The van der Waals surface area contributed by atoms with Gasteiger partial charge in [-0.2, -0.15) is 0 Å². The molecule has 0 aromatic carbocycles. The van der Waals surface area contributed by atoms with E-state index in [1.165, 1.54) is 14.2 Å². The molecule has 0 unspecified atom stereocenters. The molecule has 0 spiro atoms. The van der Waals surface area contributed by atoms with Crippen molar-refractivity contribution in [2.24, 2.45) is 0 Å². The first-order valence-electron chi connectivity index (χ1n) is 3.04. The lowest BCUT2D eigenvalue weighted by atomic mass is 10.5. The molecule has 0 saturated carbocycles. The van der Waals surface area contributed by atoms with Gasteiger partial charge in [0.05, 0.1) is 26.4 Å². The van der Waals surface area contributed by atoms with Gasteiger partial charge < -0.3 is 9.47 Å². The van der Waals surface area contributed by atoms with Gasteiger partial charge in [0.1, 0.15) is 0 Å². The van der Waals surface area contributed by atoms with Gasteiger partial charge in [0, 0.05) is 0 Å². The first-order valence-corrected chi connectivity index (χ1v) is 3.04. The number of ether oxygens (including phenoxy) is 2. The van der Waals surface area contributed by atoms with Crippen molar-refractivity contribution in [1.82, 2.24) is 0 Å². The second kappa shape index (κ2) is 5.98. The zero-order chi connectivity index (χ0) is 9.40. The van der Waals surface area contributed by atoms with Crippen LogP contribution >= 0.6 is 0 Å². The molecule has 0 heterocycles. The van der Waals surface area contributed by atoms with Crippen LogP contribution in [0.25, 0.3) is 0 Å². The number of carbonyl (C=O) groups is 2. The van der Waals surface area contributed by atoms with Gasteiger partial charge in [-0.3, -0.25) is 0 Å². The summed E-state index contributed by atoms with van der Waals surface area (Å²) in [6.45, 7) is 0. The van der Waals surface area contributed by atoms with Gasteiger partial charge in [0.2, 0.25) is 0 Å². The van der Waals surface area contributed by atoms with Gasteiger partial charge in [0.15, 0.2) is 0 Å². The molecule has 0 bridgehead atoms. The third-order valence-electron chi connectivity index (χ3n) is 0.866. The van der Waals surface area contributed by atoms with Crippen molar-refractivity contribution >= 4 is 11.9 Å². The summed E-state index contributed by atoms with van der Waals surface area (Å²) in [5.41, 5.74) is 4.59. The maximum atomic E-state index is 10.4. The smallest absolute Gasteiger partial charge is 0.338 e. The molecule has 0 aromatic heterocycles. The molecular formula is C8H8O4. The Hall–Kier alpha value is -1.76. The summed E-state index contributed by atoms with van der Waals surface area (Å²) in [6.07, 6.45) is 2.03. The van der Waals surface area contributed by atoms with Crippen LogP contribution in [0, 0.1) is 0 Å². The highest BCUT2D eigenvalue weighted by Crippen LogP contribution is 1.75. The van der Waals surface area contributed by atoms with E-state index in [9.17, 15) is 9.59 Å². The van der Waals surface area contributed by atoms with E-state index < -0.39 is 11.9 Å². The molecule has 0 rings (SSSR count). The van der Waals surface area contributed by atoms with Crippen molar-refractivity contribution in [3.05, 3.63) is 23.6 Å². The second-order valence-electron chi connectivity index (χ2n) is 1.62. The number of hydrogen-bond donors (Lipinski definition) is 0. The van der Waals surface area contributed by atoms with Crippen LogP contribution in [-0.4, -0.2) is 26.2 Å². The summed E-state index contributed by atoms with van der Waals surface area (Å²) >= 11 is 0. The lowest BCUT2D eigenvalue weighted by Gasteiger charge is -1.84. The van der Waals surface area contributed by atoms with Crippen molar-refractivity contribution < 1.29 is 19.1 Å². The Morgan fingerprint density at radius 2 is 1.33 bits per heavy atom. The number of esters is 2. The first-order chi connectivity index (χ1) is 5.70. The highest BCUT2D eigenvalue weighted by molar-refractivity contribution is 5.83. The molecule has 0 aromatic rings. The molecular weight excluding hydrogens is 160 g/mol. The average molecular weight is 168 g/mol. The average Bonchev–Trinajstić information content (AvgIpc) is 2.11. The lowest BCUT2D eigenvalue weighted by molar-refractivity contribution is -0.135. The topological polar surface area (TPSA) is 52.6 Å². The molecule has 0 radical (unpaired) electrons. The van der Waals surface area contributed by atoms with Gasteiger partial charge in [-0.15, -0.1) is 0 Å². The van der Waals surface area contributed by atoms with E-state index in [2.05, 4.69) is 20.9 Å². The van der Waals surface area contributed by atoms with Crippen LogP contribution in [0.3, 0.4) is 0 Å². The molecule has 4 heteroatoms. The third kappa shape index (κ3) is 5.06. The summed E-state index contributed by atoms with van der Waals surface area (Å²) in [6, 6.07) is 0. The van der Waals surface area contributed by atoms with Gasteiger partial charge >= 0.3 is 11.9 Å². The number of carbonyl (C=O) groups excluding carboxylic acids is 2. The number of rotatable bonds is 2. The first kappa shape index (κ1) is 10.2. The Morgan fingerprint density at radius 3 is 1.58 bits per heavy atom. The quantitative estimate of drug-likeness (QED) is 0.335. The van der Waals surface area contributed by atoms with Crippen LogP contribution < -0.4 is 0 Å². The van der Waals surface area contributed by atoms with Gasteiger partial charge in [-0.05, 0) is 0 Å². The van der Waals surface area contributed by atoms with E-state index in [0.29, 0.717) is 0 Å². The van der Waals surface area contributed by atoms with Gasteiger partial charge in [0.25, 0.3) is 0 Å². The van der Waals surface area contributed by atoms with Gasteiger partial charge in [-0.25, -0.2) is 9.59 Å². The Balaban J connectivity index is 4.22. The van der Waals surface area contributed by atoms with Crippen molar-refractivity contribution in [2.45, 2.75) is 0 Å². The molecule has 0 aliphatic carbocycles. The minimum atomic E-state index is -0.555. The normalized spacial score (nSPS) is 7.17. The Morgan fingerprint density at radius 1 is 1.00 bits per heavy atom. The van der Waals surface area contributed by atoms with Gasteiger partial charge in [-0.1, -0.05) is 11.5 Å². The lowest BCUT2D eigenvalue weighted by Crippen LogP contribution is -1.92. The van der Waals surface area contributed by atoms with Crippen LogP contribution in [0.1, 0.15) is 0 Å². The zero-order valence-corrected chi connectivity index (χ0v) is 6.79. The van der Waals surface area contributed by atoms with E-state index in [-0.39, 0.29) is 0 Å². The predicted octanol–water partition coefficient (Wildman–Crippen LogP) is 0.199. The molecule has 64 valence electrons. The maximum Gasteiger partial charge on any atom is 0.338 e.